The Morgan fingerprint density at radius 1 is 1.14 bits per heavy atom. The van der Waals surface area contributed by atoms with Crippen LogP contribution in [-0.2, 0) is 14.3 Å². The molecule has 5 heteroatoms. The number of carboxylic acid groups (broad SMARTS) is 1. The van der Waals surface area contributed by atoms with Crippen molar-refractivity contribution in [1.82, 2.24) is 4.90 Å². The summed E-state index contributed by atoms with van der Waals surface area (Å²) in [5, 5.41) is 9.52. The Bertz CT molecular complexity index is 425. The van der Waals surface area contributed by atoms with Gasteiger partial charge >= 0.3 is 5.97 Å². The maximum absolute atomic E-state index is 12.9. The molecule has 1 N–H and O–H groups in total. The molecule has 3 fully saturated rings. The summed E-state index contributed by atoms with van der Waals surface area (Å²) < 4.78 is 5.51. The molecule has 3 aliphatic rings. The number of hydrogen-bond donors (Lipinski definition) is 1. The number of carbonyl (C=O) groups excluding carboxylic acids is 1. The molecule has 0 aromatic carbocycles. The minimum atomic E-state index is -0.848. The van der Waals surface area contributed by atoms with Gasteiger partial charge in [-0.05, 0) is 44.9 Å². The lowest BCUT2D eigenvalue weighted by Gasteiger charge is -2.47. The molecule has 2 aliphatic heterocycles. The maximum Gasteiger partial charge on any atom is 0.326 e. The molecule has 1 saturated carbocycles. The van der Waals surface area contributed by atoms with Gasteiger partial charge in [-0.25, -0.2) is 4.79 Å². The van der Waals surface area contributed by atoms with Crippen LogP contribution in [0.25, 0.3) is 0 Å². The Morgan fingerprint density at radius 3 is 2.57 bits per heavy atom. The van der Waals surface area contributed by atoms with E-state index in [2.05, 4.69) is 0 Å². The van der Waals surface area contributed by atoms with Crippen molar-refractivity contribution in [1.29, 1.82) is 0 Å². The van der Waals surface area contributed by atoms with E-state index in [1.165, 1.54) is 6.42 Å². The van der Waals surface area contributed by atoms with Crippen molar-refractivity contribution < 1.29 is 19.4 Å². The van der Waals surface area contributed by atoms with Gasteiger partial charge in [0.1, 0.15) is 6.04 Å². The summed E-state index contributed by atoms with van der Waals surface area (Å²) in [4.78, 5) is 26.2. The Morgan fingerprint density at radius 2 is 1.90 bits per heavy atom. The van der Waals surface area contributed by atoms with Crippen molar-refractivity contribution in [3.8, 4) is 0 Å². The summed E-state index contributed by atoms with van der Waals surface area (Å²) in [6.45, 7) is 2.42. The van der Waals surface area contributed by atoms with Gasteiger partial charge < -0.3 is 14.7 Å². The first-order valence-electron chi connectivity index (χ1n) is 8.24. The standard InChI is InChI=1S/C16H25NO4/c1-10-8-12(9-21-10)15(18)17-13-5-3-2-4-11(13)6-7-14(17)16(19)20/h10-14H,2-9H2,1H3,(H,19,20). The molecular weight excluding hydrogens is 270 g/mol. The highest BCUT2D eigenvalue weighted by atomic mass is 16.5. The van der Waals surface area contributed by atoms with Gasteiger partial charge in [-0.3, -0.25) is 4.79 Å². The van der Waals surface area contributed by atoms with Crippen LogP contribution in [0.1, 0.15) is 51.9 Å². The van der Waals surface area contributed by atoms with Gasteiger partial charge in [-0.15, -0.1) is 0 Å². The molecule has 0 radical (unpaired) electrons. The number of carbonyl (C=O) groups is 2. The maximum atomic E-state index is 12.9. The zero-order valence-electron chi connectivity index (χ0n) is 12.7. The summed E-state index contributed by atoms with van der Waals surface area (Å²) in [5.74, 6) is -0.483. The molecule has 2 saturated heterocycles. The average molecular weight is 295 g/mol. The second-order valence-electron chi connectivity index (χ2n) is 6.87. The van der Waals surface area contributed by atoms with Crippen LogP contribution in [0.5, 0.6) is 0 Å². The second kappa shape index (κ2) is 5.95. The largest absolute Gasteiger partial charge is 0.480 e. The van der Waals surface area contributed by atoms with Crippen LogP contribution in [0.2, 0.25) is 0 Å². The lowest BCUT2D eigenvalue weighted by atomic mass is 9.75. The fraction of sp³-hybridized carbons (Fsp3) is 0.875. The van der Waals surface area contributed by atoms with Crippen molar-refractivity contribution in [3.05, 3.63) is 0 Å². The zero-order valence-corrected chi connectivity index (χ0v) is 12.7. The lowest BCUT2D eigenvalue weighted by Crippen LogP contribution is -2.58. The van der Waals surface area contributed by atoms with Gasteiger partial charge in [-0.1, -0.05) is 12.8 Å². The van der Waals surface area contributed by atoms with E-state index < -0.39 is 12.0 Å². The van der Waals surface area contributed by atoms with E-state index in [-0.39, 0.29) is 24.0 Å². The lowest BCUT2D eigenvalue weighted by molar-refractivity contribution is -0.160. The molecule has 3 rings (SSSR count). The molecule has 1 aliphatic carbocycles. The topological polar surface area (TPSA) is 66.8 Å². The van der Waals surface area contributed by atoms with Gasteiger partial charge in [0.15, 0.2) is 0 Å². The van der Waals surface area contributed by atoms with Crippen molar-refractivity contribution in [3.63, 3.8) is 0 Å². The van der Waals surface area contributed by atoms with E-state index >= 15 is 0 Å². The SMILES string of the molecule is CC1CC(C(=O)N2C(C(=O)O)CCC3CCCCC32)CO1. The van der Waals surface area contributed by atoms with E-state index in [1.807, 2.05) is 6.92 Å². The van der Waals surface area contributed by atoms with E-state index in [4.69, 9.17) is 4.74 Å². The molecule has 5 atom stereocenters. The van der Waals surface area contributed by atoms with Crippen LogP contribution in [0.3, 0.4) is 0 Å². The third-order valence-electron chi connectivity index (χ3n) is 5.46. The van der Waals surface area contributed by atoms with Gasteiger partial charge in [0.05, 0.1) is 18.6 Å². The number of fused-ring (bicyclic) bond motifs is 1. The summed E-state index contributed by atoms with van der Waals surface area (Å²) in [7, 11) is 0. The molecule has 118 valence electrons. The smallest absolute Gasteiger partial charge is 0.326 e. The van der Waals surface area contributed by atoms with Crippen molar-refractivity contribution >= 4 is 11.9 Å². The molecule has 5 nitrogen and oxygen atoms in total. The molecule has 0 spiro atoms. The first-order chi connectivity index (χ1) is 10.1. The fourth-order valence-corrected chi connectivity index (χ4v) is 4.39. The van der Waals surface area contributed by atoms with E-state index in [9.17, 15) is 14.7 Å². The number of ether oxygens (including phenoxy) is 1. The molecule has 0 bridgehead atoms. The minimum Gasteiger partial charge on any atom is -0.480 e. The summed E-state index contributed by atoms with van der Waals surface area (Å²) in [6, 6.07) is -0.496. The Hall–Kier alpha value is -1.10. The highest BCUT2D eigenvalue weighted by Gasteiger charge is 2.46. The summed E-state index contributed by atoms with van der Waals surface area (Å²) in [6.07, 6.45) is 6.79. The second-order valence-corrected chi connectivity index (χ2v) is 6.87. The monoisotopic (exact) mass is 295 g/mol. The van der Waals surface area contributed by atoms with Crippen LogP contribution in [0, 0.1) is 11.8 Å². The van der Waals surface area contributed by atoms with Crippen molar-refractivity contribution in [2.75, 3.05) is 6.61 Å². The Labute approximate surface area is 125 Å². The predicted molar refractivity (Wildman–Crippen MR) is 76.8 cm³/mol. The first kappa shape index (κ1) is 14.8. The first-order valence-corrected chi connectivity index (χ1v) is 8.24. The molecule has 5 unspecified atom stereocenters. The van der Waals surface area contributed by atoms with Crippen molar-refractivity contribution in [2.24, 2.45) is 11.8 Å². The molecule has 2 heterocycles. The highest BCUT2D eigenvalue weighted by molar-refractivity contribution is 5.86. The molecule has 1 amide bonds. The van der Waals surface area contributed by atoms with E-state index in [1.54, 1.807) is 4.90 Å². The highest BCUT2D eigenvalue weighted by Crippen LogP contribution is 2.39. The number of piperidine rings is 1. The third-order valence-corrected chi connectivity index (χ3v) is 5.46. The van der Waals surface area contributed by atoms with Crippen LogP contribution in [0.15, 0.2) is 0 Å². The minimum absolute atomic E-state index is 0.0170. The van der Waals surface area contributed by atoms with E-state index in [0.29, 0.717) is 18.9 Å². The third kappa shape index (κ3) is 2.80. The number of amides is 1. The molecule has 0 aromatic rings. The normalized spacial score (nSPS) is 39.9. The van der Waals surface area contributed by atoms with Gasteiger partial charge in [-0.2, -0.15) is 0 Å². The number of nitrogens with zero attached hydrogens (tertiary/aromatic N) is 1. The number of carboxylic acids is 1. The van der Waals surface area contributed by atoms with Gasteiger partial charge in [0.25, 0.3) is 0 Å². The summed E-state index contributed by atoms with van der Waals surface area (Å²) in [5.41, 5.74) is 0. The number of hydrogen-bond acceptors (Lipinski definition) is 3. The van der Waals surface area contributed by atoms with Gasteiger partial charge in [0, 0.05) is 6.04 Å². The Balaban J connectivity index is 1.81. The molecular formula is C16H25NO4. The van der Waals surface area contributed by atoms with Crippen LogP contribution in [0.4, 0.5) is 0 Å². The predicted octanol–water partition coefficient (Wildman–Crippen LogP) is 2.05. The number of likely N-dealkylation sites (tertiary alicyclic amines) is 1. The fourth-order valence-electron chi connectivity index (χ4n) is 4.39. The number of aliphatic carboxylic acids is 1. The quantitative estimate of drug-likeness (QED) is 0.846. The molecule has 21 heavy (non-hydrogen) atoms. The Kier molecular flexibility index (Phi) is 4.20. The van der Waals surface area contributed by atoms with Crippen LogP contribution < -0.4 is 0 Å². The van der Waals surface area contributed by atoms with Crippen LogP contribution in [-0.4, -0.2) is 46.7 Å². The van der Waals surface area contributed by atoms with Crippen LogP contribution >= 0.6 is 0 Å². The van der Waals surface area contributed by atoms with E-state index in [0.717, 1.165) is 32.1 Å². The number of rotatable bonds is 2. The zero-order chi connectivity index (χ0) is 15.0. The average Bonchev–Trinajstić information content (AvgIpc) is 2.91. The molecule has 0 aromatic heterocycles. The van der Waals surface area contributed by atoms with Crippen molar-refractivity contribution in [2.45, 2.75) is 70.1 Å². The summed E-state index contributed by atoms with van der Waals surface area (Å²) >= 11 is 0. The van der Waals surface area contributed by atoms with Gasteiger partial charge in [0.2, 0.25) is 5.91 Å².